The lowest BCUT2D eigenvalue weighted by atomic mass is 10.1. The van der Waals surface area contributed by atoms with Crippen LogP contribution in [0.1, 0.15) is 23.6 Å². The van der Waals surface area contributed by atoms with E-state index in [-0.39, 0.29) is 12.5 Å². The molecule has 0 fully saturated rings. The fraction of sp³-hybridized carbons (Fsp3) is 0.263. The minimum absolute atomic E-state index is 0.120. The Morgan fingerprint density at radius 1 is 1.04 bits per heavy atom. The van der Waals surface area contributed by atoms with Gasteiger partial charge in [-0.25, -0.2) is 0 Å². The van der Waals surface area contributed by atoms with Crippen molar-refractivity contribution >= 4 is 34.6 Å². The van der Waals surface area contributed by atoms with Gasteiger partial charge in [0.15, 0.2) is 5.11 Å². The van der Waals surface area contributed by atoms with E-state index in [1.165, 1.54) is 0 Å². The summed E-state index contributed by atoms with van der Waals surface area (Å²) in [4.78, 5) is 12.1. The maximum atomic E-state index is 12.1. The fourth-order valence-corrected chi connectivity index (χ4v) is 2.52. The van der Waals surface area contributed by atoms with Crippen LogP contribution in [0.25, 0.3) is 0 Å². The zero-order chi connectivity index (χ0) is 17.5. The maximum Gasteiger partial charge on any atom is 0.243 e. The predicted molar refractivity (Wildman–Crippen MR) is 105 cm³/mol. The molecular weight excluding hydrogens is 318 g/mol. The van der Waals surface area contributed by atoms with Crippen molar-refractivity contribution in [3.63, 3.8) is 0 Å². The van der Waals surface area contributed by atoms with Crippen LogP contribution in [0.15, 0.2) is 42.5 Å². The molecule has 0 heterocycles. The van der Waals surface area contributed by atoms with Gasteiger partial charge in [-0.3, -0.25) is 4.79 Å². The number of hydrogen-bond donors (Lipinski definition) is 3. The van der Waals surface area contributed by atoms with Crippen LogP contribution in [0.4, 0.5) is 11.4 Å². The van der Waals surface area contributed by atoms with E-state index in [0.29, 0.717) is 5.11 Å². The molecule has 0 saturated heterocycles. The minimum Gasteiger partial charge on any atom is -0.353 e. The Morgan fingerprint density at radius 3 is 2.54 bits per heavy atom. The summed E-state index contributed by atoms with van der Waals surface area (Å²) in [7, 11) is 0. The first kappa shape index (κ1) is 17.9. The van der Waals surface area contributed by atoms with Gasteiger partial charge in [-0.2, -0.15) is 0 Å². The van der Waals surface area contributed by atoms with E-state index >= 15 is 0 Å². The number of aryl methyl sites for hydroxylation is 3. The number of benzene rings is 2. The van der Waals surface area contributed by atoms with E-state index in [4.69, 9.17) is 12.2 Å². The molecule has 1 amide bonds. The number of anilines is 2. The molecular formula is C19H23N3OS. The van der Waals surface area contributed by atoms with E-state index in [2.05, 4.69) is 28.9 Å². The highest BCUT2D eigenvalue weighted by atomic mass is 32.1. The standard InChI is InChI=1S/C19H23N3OS/c1-4-15-7-5-6-8-16(15)21-18(23)12-20-19(24)22-17-11-13(2)9-10-14(17)3/h5-11H,4,12H2,1-3H3,(H,21,23)(H2,20,22,24). The maximum absolute atomic E-state index is 12.1. The third-order valence-corrected chi connectivity index (χ3v) is 3.97. The second kappa shape index (κ2) is 8.45. The number of thiocarbonyl (C=S) groups is 1. The molecule has 2 aromatic rings. The van der Waals surface area contributed by atoms with E-state index in [1.807, 2.05) is 50.2 Å². The van der Waals surface area contributed by atoms with Gasteiger partial charge < -0.3 is 16.0 Å². The second-order valence-corrected chi connectivity index (χ2v) is 6.09. The van der Waals surface area contributed by atoms with Gasteiger partial charge >= 0.3 is 0 Å². The summed E-state index contributed by atoms with van der Waals surface area (Å²) in [5.41, 5.74) is 5.16. The van der Waals surface area contributed by atoms with Crippen molar-refractivity contribution < 1.29 is 4.79 Å². The van der Waals surface area contributed by atoms with Crippen LogP contribution in [0.5, 0.6) is 0 Å². The van der Waals surface area contributed by atoms with Crippen molar-refractivity contribution in [1.82, 2.24) is 5.32 Å². The first-order valence-corrected chi connectivity index (χ1v) is 8.40. The monoisotopic (exact) mass is 341 g/mol. The van der Waals surface area contributed by atoms with Crippen molar-refractivity contribution in [2.75, 3.05) is 17.2 Å². The number of carbonyl (C=O) groups is 1. The van der Waals surface area contributed by atoms with Gasteiger partial charge in [0.1, 0.15) is 0 Å². The Kier molecular flexibility index (Phi) is 6.32. The highest BCUT2D eigenvalue weighted by Crippen LogP contribution is 2.16. The average Bonchev–Trinajstić information content (AvgIpc) is 2.57. The number of rotatable bonds is 5. The second-order valence-electron chi connectivity index (χ2n) is 5.68. The normalized spacial score (nSPS) is 10.1. The third-order valence-electron chi connectivity index (χ3n) is 3.72. The van der Waals surface area contributed by atoms with Crippen molar-refractivity contribution in [3.8, 4) is 0 Å². The lowest BCUT2D eigenvalue weighted by Crippen LogP contribution is -2.35. The van der Waals surface area contributed by atoms with Crippen molar-refractivity contribution in [3.05, 3.63) is 59.2 Å². The lowest BCUT2D eigenvalue weighted by molar-refractivity contribution is -0.115. The molecule has 5 heteroatoms. The van der Waals surface area contributed by atoms with Crippen LogP contribution in [0.3, 0.4) is 0 Å². The molecule has 0 aliphatic heterocycles. The van der Waals surface area contributed by atoms with Crippen LogP contribution in [0, 0.1) is 13.8 Å². The Morgan fingerprint density at radius 2 is 1.79 bits per heavy atom. The van der Waals surface area contributed by atoms with Crippen molar-refractivity contribution in [1.29, 1.82) is 0 Å². The first-order valence-electron chi connectivity index (χ1n) is 7.99. The predicted octanol–water partition coefficient (Wildman–Crippen LogP) is 3.79. The van der Waals surface area contributed by atoms with Gasteiger partial charge in [-0.15, -0.1) is 0 Å². The van der Waals surface area contributed by atoms with Gasteiger partial charge in [-0.1, -0.05) is 37.3 Å². The molecule has 24 heavy (non-hydrogen) atoms. The van der Waals surface area contributed by atoms with Crippen LogP contribution in [-0.4, -0.2) is 17.6 Å². The highest BCUT2D eigenvalue weighted by molar-refractivity contribution is 7.80. The van der Waals surface area contributed by atoms with Crippen LogP contribution < -0.4 is 16.0 Å². The molecule has 0 aliphatic carbocycles. The van der Waals surface area contributed by atoms with E-state index in [0.717, 1.165) is 34.5 Å². The summed E-state index contributed by atoms with van der Waals surface area (Å²) in [5.74, 6) is -0.124. The topological polar surface area (TPSA) is 53.2 Å². The molecule has 0 aromatic heterocycles. The van der Waals surface area contributed by atoms with Crippen molar-refractivity contribution in [2.24, 2.45) is 0 Å². The Balaban J connectivity index is 1.87. The number of amides is 1. The van der Waals surface area contributed by atoms with E-state index in [9.17, 15) is 4.79 Å². The summed E-state index contributed by atoms with van der Waals surface area (Å²) in [6.07, 6.45) is 0.872. The van der Waals surface area contributed by atoms with Gasteiger partial charge in [-0.05, 0) is 61.3 Å². The molecule has 4 nitrogen and oxygen atoms in total. The number of para-hydroxylation sites is 1. The number of nitrogens with one attached hydrogen (secondary N) is 3. The molecule has 126 valence electrons. The zero-order valence-electron chi connectivity index (χ0n) is 14.3. The van der Waals surface area contributed by atoms with Crippen LogP contribution >= 0.6 is 12.2 Å². The molecule has 0 radical (unpaired) electrons. The zero-order valence-corrected chi connectivity index (χ0v) is 15.1. The quantitative estimate of drug-likeness (QED) is 0.724. The van der Waals surface area contributed by atoms with Gasteiger partial charge in [0, 0.05) is 11.4 Å². The first-order chi connectivity index (χ1) is 11.5. The van der Waals surface area contributed by atoms with Gasteiger partial charge in [0.2, 0.25) is 5.91 Å². The molecule has 0 aliphatic rings. The minimum atomic E-state index is -0.124. The Bertz CT molecular complexity index is 743. The third kappa shape index (κ3) is 5.06. The van der Waals surface area contributed by atoms with Gasteiger partial charge in [0.25, 0.3) is 0 Å². The lowest BCUT2D eigenvalue weighted by Gasteiger charge is -2.14. The molecule has 0 unspecified atom stereocenters. The summed E-state index contributed by atoms with van der Waals surface area (Å²) in [6.45, 7) is 6.22. The molecule has 0 spiro atoms. The van der Waals surface area contributed by atoms with Gasteiger partial charge in [0.05, 0.1) is 6.54 Å². The Hall–Kier alpha value is -2.40. The Labute approximate surface area is 148 Å². The molecule has 2 rings (SSSR count). The summed E-state index contributed by atoms with van der Waals surface area (Å²) in [5, 5.41) is 9.42. The summed E-state index contributed by atoms with van der Waals surface area (Å²) >= 11 is 5.27. The molecule has 3 N–H and O–H groups in total. The van der Waals surface area contributed by atoms with Crippen molar-refractivity contribution in [2.45, 2.75) is 27.2 Å². The average molecular weight is 341 g/mol. The van der Waals surface area contributed by atoms with Crippen LogP contribution in [-0.2, 0) is 11.2 Å². The number of hydrogen-bond acceptors (Lipinski definition) is 2. The fourth-order valence-electron chi connectivity index (χ4n) is 2.34. The van der Waals surface area contributed by atoms with E-state index in [1.54, 1.807) is 0 Å². The highest BCUT2D eigenvalue weighted by Gasteiger charge is 2.07. The van der Waals surface area contributed by atoms with Crippen LogP contribution in [0.2, 0.25) is 0 Å². The molecule has 2 aromatic carbocycles. The molecule has 0 saturated carbocycles. The summed E-state index contributed by atoms with van der Waals surface area (Å²) < 4.78 is 0. The van der Waals surface area contributed by atoms with E-state index < -0.39 is 0 Å². The smallest absolute Gasteiger partial charge is 0.243 e. The molecule has 0 atom stereocenters. The largest absolute Gasteiger partial charge is 0.353 e. The molecule has 0 bridgehead atoms. The number of carbonyl (C=O) groups excluding carboxylic acids is 1. The SMILES string of the molecule is CCc1ccccc1NC(=O)CNC(=S)Nc1cc(C)ccc1C. The summed E-state index contributed by atoms with van der Waals surface area (Å²) in [6, 6.07) is 13.9.